The van der Waals surface area contributed by atoms with E-state index >= 15 is 0 Å². The van der Waals surface area contributed by atoms with Gasteiger partial charge in [-0.25, -0.2) is 14.8 Å². The molecule has 3 fully saturated rings. The van der Waals surface area contributed by atoms with Gasteiger partial charge in [0.15, 0.2) is 0 Å². The molecule has 3 saturated heterocycles. The molecule has 3 aliphatic heterocycles. The van der Waals surface area contributed by atoms with Crippen LogP contribution in [0.4, 0.5) is 18.0 Å². The van der Waals surface area contributed by atoms with E-state index in [2.05, 4.69) is 15.3 Å². The lowest BCUT2D eigenvalue weighted by atomic mass is 9.93. The highest BCUT2D eigenvalue weighted by atomic mass is 19.4. The van der Waals surface area contributed by atoms with E-state index in [1.165, 1.54) is 0 Å². The molecular weight excluding hydrogens is 403 g/mol. The standard InChI is InChI=1S/C19H24F3N5O3/c20-19(21,22)15-1-5-23-16(25-15)9-12-2-6-26(7-3-12)18(29)27-8-4-14-13(10-27)24-17(28)11-30-14/h1,5,12-14H,2-4,6-11H2,(H,24,28)/t13-,14+/m1/s1. The Morgan fingerprint density at radius 2 is 1.93 bits per heavy atom. The van der Waals surface area contributed by atoms with Gasteiger partial charge in [-0.05, 0) is 31.2 Å². The molecule has 2 atom stereocenters. The first kappa shape index (κ1) is 20.8. The molecule has 0 aromatic carbocycles. The summed E-state index contributed by atoms with van der Waals surface area (Å²) in [7, 11) is 0. The van der Waals surface area contributed by atoms with E-state index in [-0.39, 0.29) is 42.4 Å². The third kappa shape index (κ3) is 4.66. The second-order valence-corrected chi connectivity index (χ2v) is 8.03. The molecule has 4 rings (SSSR count). The van der Waals surface area contributed by atoms with Crippen LogP contribution in [0.3, 0.4) is 0 Å². The smallest absolute Gasteiger partial charge is 0.366 e. The maximum absolute atomic E-state index is 12.9. The zero-order valence-electron chi connectivity index (χ0n) is 16.4. The molecule has 0 radical (unpaired) electrons. The topological polar surface area (TPSA) is 87.7 Å². The van der Waals surface area contributed by atoms with Crippen molar-refractivity contribution in [1.29, 1.82) is 0 Å². The summed E-state index contributed by atoms with van der Waals surface area (Å²) in [4.78, 5) is 35.5. The van der Waals surface area contributed by atoms with Crippen LogP contribution in [0, 0.1) is 5.92 Å². The van der Waals surface area contributed by atoms with Crippen LogP contribution in [-0.2, 0) is 22.1 Å². The molecule has 1 N–H and O–H groups in total. The van der Waals surface area contributed by atoms with Gasteiger partial charge < -0.3 is 19.9 Å². The Hall–Kier alpha value is -2.43. The number of nitrogens with zero attached hydrogens (tertiary/aromatic N) is 4. The number of piperidine rings is 2. The molecule has 4 heterocycles. The number of alkyl halides is 3. The van der Waals surface area contributed by atoms with E-state index in [1.807, 2.05) is 0 Å². The Morgan fingerprint density at radius 1 is 1.20 bits per heavy atom. The van der Waals surface area contributed by atoms with E-state index < -0.39 is 11.9 Å². The highest BCUT2D eigenvalue weighted by Crippen LogP contribution is 2.28. The normalized spacial score (nSPS) is 25.6. The summed E-state index contributed by atoms with van der Waals surface area (Å²) in [5, 5.41) is 2.89. The first-order valence-corrected chi connectivity index (χ1v) is 10.1. The minimum Gasteiger partial charge on any atom is -0.366 e. The molecule has 3 amide bonds. The van der Waals surface area contributed by atoms with Gasteiger partial charge in [-0.3, -0.25) is 4.79 Å². The largest absolute Gasteiger partial charge is 0.433 e. The molecular formula is C19H24F3N5O3. The van der Waals surface area contributed by atoms with Gasteiger partial charge in [0, 0.05) is 38.8 Å². The van der Waals surface area contributed by atoms with Crippen molar-refractivity contribution in [3.05, 3.63) is 23.8 Å². The van der Waals surface area contributed by atoms with Crippen LogP contribution >= 0.6 is 0 Å². The van der Waals surface area contributed by atoms with Gasteiger partial charge in [0.25, 0.3) is 0 Å². The van der Waals surface area contributed by atoms with Crippen molar-refractivity contribution in [2.45, 2.75) is 44.0 Å². The molecule has 8 nitrogen and oxygen atoms in total. The number of aromatic nitrogens is 2. The summed E-state index contributed by atoms with van der Waals surface area (Å²) in [5.41, 5.74) is -0.928. The number of hydrogen-bond donors (Lipinski definition) is 1. The number of amides is 3. The van der Waals surface area contributed by atoms with Crippen molar-refractivity contribution >= 4 is 11.9 Å². The first-order chi connectivity index (χ1) is 14.3. The third-order valence-electron chi connectivity index (χ3n) is 5.95. The summed E-state index contributed by atoms with van der Waals surface area (Å²) in [6, 6.07) is 0.620. The maximum atomic E-state index is 12.9. The molecule has 164 valence electrons. The van der Waals surface area contributed by atoms with Gasteiger partial charge in [-0.1, -0.05) is 0 Å². The second-order valence-electron chi connectivity index (χ2n) is 8.03. The van der Waals surface area contributed by atoms with Crippen LogP contribution in [0.1, 0.15) is 30.8 Å². The van der Waals surface area contributed by atoms with Crippen LogP contribution in [-0.4, -0.2) is 76.6 Å². The lowest BCUT2D eigenvalue weighted by Gasteiger charge is -2.43. The summed E-state index contributed by atoms with van der Waals surface area (Å²) in [5.74, 6) is 0.155. The fraction of sp³-hybridized carbons (Fsp3) is 0.684. The van der Waals surface area contributed by atoms with Crippen LogP contribution in [0.2, 0.25) is 0 Å². The first-order valence-electron chi connectivity index (χ1n) is 10.1. The predicted octanol–water partition coefficient (Wildman–Crippen LogP) is 1.46. The highest BCUT2D eigenvalue weighted by Gasteiger charge is 2.38. The lowest BCUT2D eigenvalue weighted by molar-refractivity contribution is -0.141. The molecule has 11 heteroatoms. The van der Waals surface area contributed by atoms with Crippen LogP contribution in [0.25, 0.3) is 0 Å². The quantitative estimate of drug-likeness (QED) is 0.772. The Bertz CT molecular complexity index is 798. The molecule has 0 bridgehead atoms. The highest BCUT2D eigenvalue weighted by molar-refractivity contribution is 5.79. The van der Waals surface area contributed by atoms with Crippen LogP contribution in [0.5, 0.6) is 0 Å². The number of morpholine rings is 1. The van der Waals surface area contributed by atoms with Crippen molar-refractivity contribution in [2.75, 3.05) is 32.8 Å². The number of halogens is 3. The zero-order chi connectivity index (χ0) is 21.3. The second kappa shape index (κ2) is 8.37. The summed E-state index contributed by atoms with van der Waals surface area (Å²) >= 11 is 0. The van der Waals surface area contributed by atoms with Crippen molar-refractivity contribution in [3.63, 3.8) is 0 Å². The van der Waals surface area contributed by atoms with E-state index in [0.29, 0.717) is 51.9 Å². The fourth-order valence-electron chi connectivity index (χ4n) is 4.32. The molecule has 0 aliphatic carbocycles. The van der Waals surface area contributed by atoms with Gasteiger partial charge >= 0.3 is 12.2 Å². The number of urea groups is 1. The molecule has 3 aliphatic rings. The van der Waals surface area contributed by atoms with Crippen LogP contribution in [0.15, 0.2) is 12.3 Å². The number of rotatable bonds is 2. The number of likely N-dealkylation sites (tertiary alicyclic amines) is 2. The number of ether oxygens (including phenoxy) is 1. The summed E-state index contributed by atoms with van der Waals surface area (Å²) in [6.45, 7) is 2.14. The van der Waals surface area contributed by atoms with Crippen molar-refractivity contribution in [3.8, 4) is 0 Å². The number of carbonyl (C=O) groups excluding carboxylic acids is 2. The average Bonchev–Trinajstić information content (AvgIpc) is 2.73. The Kier molecular flexibility index (Phi) is 5.81. The minimum absolute atomic E-state index is 0.0510. The van der Waals surface area contributed by atoms with E-state index in [0.717, 1.165) is 12.3 Å². The SMILES string of the molecule is O=C1CO[C@H]2CCN(C(=O)N3CCC(Cc4nccc(C(F)(F)F)n4)CC3)C[C@H]2N1. The lowest BCUT2D eigenvalue weighted by Crippen LogP contribution is -2.62. The minimum atomic E-state index is -4.48. The van der Waals surface area contributed by atoms with E-state index in [1.54, 1.807) is 9.80 Å². The van der Waals surface area contributed by atoms with E-state index in [9.17, 15) is 22.8 Å². The summed E-state index contributed by atoms with van der Waals surface area (Å²) in [6.07, 6.45) is -0.978. The van der Waals surface area contributed by atoms with Crippen LogP contribution < -0.4 is 5.32 Å². The van der Waals surface area contributed by atoms with Gasteiger partial charge in [0.2, 0.25) is 5.91 Å². The molecule has 1 aromatic rings. The molecule has 0 saturated carbocycles. The molecule has 1 aromatic heterocycles. The molecule has 30 heavy (non-hydrogen) atoms. The van der Waals surface area contributed by atoms with Crippen molar-refractivity contribution in [1.82, 2.24) is 25.1 Å². The van der Waals surface area contributed by atoms with Gasteiger partial charge in [-0.15, -0.1) is 0 Å². The molecule has 0 spiro atoms. The molecule has 0 unspecified atom stereocenters. The average molecular weight is 427 g/mol. The van der Waals surface area contributed by atoms with E-state index in [4.69, 9.17) is 4.74 Å². The number of nitrogens with one attached hydrogen (secondary N) is 1. The third-order valence-corrected chi connectivity index (χ3v) is 5.95. The fourth-order valence-corrected chi connectivity index (χ4v) is 4.32. The van der Waals surface area contributed by atoms with Gasteiger partial charge in [0.05, 0.1) is 12.1 Å². The Balaban J connectivity index is 1.28. The Labute approximate surface area is 171 Å². The number of fused-ring (bicyclic) bond motifs is 1. The number of hydrogen-bond acceptors (Lipinski definition) is 5. The summed E-state index contributed by atoms with van der Waals surface area (Å²) < 4.78 is 44.0. The van der Waals surface area contributed by atoms with Crippen molar-refractivity contribution < 1.29 is 27.5 Å². The monoisotopic (exact) mass is 427 g/mol. The number of carbonyl (C=O) groups is 2. The predicted molar refractivity (Wildman–Crippen MR) is 98.3 cm³/mol. The van der Waals surface area contributed by atoms with Crippen molar-refractivity contribution in [2.24, 2.45) is 5.92 Å². The zero-order valence-corrected chi connectivity index (χ0v) is 16.4. The van der Waals surface area contributed by atoms with Gasteiger partial charge in [-0.2, -0.15) is 13.2 Å². The Morgan fingerprint density at radius 3 is 2.67 bits per heavy atom. The maximum Gasteiger partial charge on any atom is 0.433 e. The van der Waals surface area contributed by atoms with Gasteiger partial charge in [0.1, 0.15) is 18.1 Å².